The fourth-order valence-electron chi connectivity index (χ4n) is 3.03. The van der Waals surface area contributed by atoms with Gasteiger partial charge in [-0.15, -0.1) is 0 Å². The molecule has 0 atom stereocenters. The second kappa shape index (κ2) is 7.25. The predicted octanol–water partition coefficient (Wildman–Crippen LogP) is 3.65. The molecule has 1 aromatic heterocycles. The summed E-state index contributed by atoms with van der Waals surface area (Å²) in [4.78, 5) is 21.1. The number of halogens is 1. The van der Waals surface area contributed by atoms with E-state index in [0.717, 1.165) is 28.8 Å². The second-order valence-corrected chi connectivity index (χ2v) is 6.76. The number of aromatic hydroxyl groups is 1. The minimum atomic E-state index is -0.117. The molecule has 0 aliphatic carbocycles. The Balaban J connectivity index is 1.56. The highest BCUT2D eigenvalue weighted by atomic mass is 35.5. The van der Waals surface area contributed by atoms with E-state index in [-0.39, 0.29) is 18.1 Å². The monoisotopic (exact) mass is 380 g/mol. The van der Waals surface area contributed by atoms with E-state index in [9.17, 15) is 9.90 Å². The molecule has 3 N–H and O–H groups in total. The summed E-state index contributed by atoms with van der Waals surface area (Å²) >= 11 is 6.06. The van der Waals surface area contributed by atoms with Crippen molar-refractivity contribution in [1.82, 2.24) is 9.97 Å². The molecule has 0 bridgehead atoms. The Hall–Kier alpha value is -3.12. The van der Waals surface area contributed by atoms with Crippen molar-refractivity contribution >= 4 is 29.1 Å². The minimum absolute atomic E-state index is 0.117. The predicted molar refractivity (Wildman–Crippen MR) is 105 cm³/mol. The van der Waals surface area contributed by atoms with Gasteiger partial charge in [0.05, 0.1) is 17.8 Å². The Morgan fingerprint density at radius 2 is 2.00 bits per heavy atom. The van der Waals surface area contributed by atoms with Crippen LogP contribution in [0.3, 0.4) is 0 Å². The van der Waals surface area contributed by atoms with Gasteiger partial charge in [0.2, 0.25) is 11.9 Å². The molecule has 0 fully saturated rings. The molecule has 2 heterocycles. The van der Waals surface area contributed by atoms with Crippen molar-refractivity contribution in [3.8, 4) is 17.0 Å². The molecule has 136 valence electrons. The number of benzene rings is 2. The maximum Gasteiger partial charge on any atom is 0.228 e. The first-order valence-electron chi connectivity index (χ1n) is 8.56. The maximum absolute atomic E-state index is 12.1. The van der Waals surface area contributed by atoms with E-state index >= 15 is 0 Å². The van der Waals surface area contributed by atoms with Crippen molar-refractivity contribution in [3.05, 3.63) is 64.8 Å². The van der Waals surface area contributed by atoms with Crippen molar-refractivity contribution < 1.29 is 9.90 Å². The normalized spacial score (nSPS) is 12.6. The number of hydrogen-bond acceptors (Lipinski definition) is 5. The molecule has 1 aliphatic rings. The molecular weight excluding hydrogens is 364 g/mol. The summed E-state index contributed by atoms with van der Waals surface area (Å²) in [6, 6.07) is 12.5. The van der Waals surface area contributed by atoms with Gasteiger partial charge in [-0.1, -0.05) is 23.7 Å². The Labute approximate surface area is 161 Å². The van der Waals surface area contributed by atoms with E-state index in [1.54, 1.807) is 30.5 Å². The van der Waals surface area contributed by atoms with Crippen LogP contribution in [-0.4, -0.2) is 27.5 Å². The number of aromatic nitrogens is 2. The number of nitrogens with zero attached hydrogens (tertiary/aromatic N) is 2. The third-order valence-corrected chi connectivity index (χ3v) is 4.59. The molecule has 1 amide bonds. The number of hydrogen-bond donors (Lipinski definition) is 3. The number of amides is 1. The van der Waals surface area contributed by atoms with E-state index in [4.69, 9.17) is 11.6 Å². The van der Waals surface area contributed by atoms with Gasteiger partial charge < -0.3 is 15.7 Å². The van der Waals surface area contributed by atoms with Crippen LogP contribution in [0.4, 0.5) is 11.6 Å². The van der Waals surface area contributed by atoms with E-state index in [2.05, 4.69) is 20.6 Å². The molecule has 0 spiro atoms. The van der Waals surface area contributed by atoms with E-state index in [0.29, 0.717) is 23.2 Å². The van der Waals surface area contributed by atoms with Crippen LogP contribution in [0.5, 0.6) is 5.75 Å². The smallest absolute Gasteiger partial charge is 0.228 e. The zero-order valence-corrected chi connectivity index (χ0v) is 15.1. The minimum Gasteiger partial charge on any atom is -0.508 e. The van der Waals surface area contributed by atoms with Crippen molar-refractivity contribution in [2.45, 2.75) is 12.8 Å². The first-order chi connectivity index (χ1) is 13.1. The average Bonchev–Trinajstić information content (AvgIpc) is 2.78. The Kier molecular flexibility index (Phi) is 4.64. The molecule has 6 nitrogen and oxygen atoms in total. The molecular formula is C20H17ClN4O2. The van der Waals surface area contributed by atoms with Crippen LogP contribution in [0.2, 0.25) is 5.02 Å². The second-order valence-electron chi connectivity index (χ2n) is 6.33. The summed E-state index contributed by atoms with van der Waals surface area (Å²) < 4.78 is 0. The zero-order valence-electron chi connectivity index (χ0n) is 14.4. The van der Waals surface area contributed by atoms with Gasteiger partial charge in [0.1, 0.15) is 5.75 Å². The lowest BCUT2D eigenvalue weighted by Crippen LogP contribution is -2.13. The lowest BCUT2D eigenvalue weighted by atomic mass is 10.1. The number of anilines is 2. The van der Waals surface area contributed by atoms with Crippen LogP contribution >= 0.6 is 11.6 Å². The van der Waals surface area contributed by atoms with Crippen LogP contribution < -0.4 is 10.6 Å². The highest BCUT2D eigenvalue weighted by Gasteiger charge is 2.21. The molecule has 0 unspecified atom stereocenters. The van der Waals surface area contributed by atoms with Gasteiger partial charge in [-0.2, -0.15) is 0 Å². The number of carbonyl (C=O) groups excluding carboxylic acids is 1. The first kappa shape index (κ1) is 17.3. The van der Waals surface area contributed by atoms with Crippen molar-refractivity contribution in [1.29, 1.82) is 0 Å². The summed E-state index contributed by atoms with van der Waals surface area (Å²) in [5.41, 5.74) is 4.08. The third-order valence-electron chi connectivity index (χ3n) is 4.36. The Bertz CT molecular complexity index is 1010. The molecule has 0 saturated carbocycles. The van der Waals surface area contributed by atoms with Gasteiger partial charge >= 0.3 is 0 Å². The van der Waals surface area contributed by atoms with Gasteiger partial charge in [0.15, 0.2) is 0 Å². The Morgan fingerprint density at radius 3 is 2.81 bits per heavy atom. The Morgan fingerprint density at radius 1 is 1.19 bits per heavy atom. The number of fused-ring (bicyclic) bond motifs is 3. The van der Waals surface area contributed by atoms with Gasteiger partial charge in [-0.3, -0.25) is 4.79 Å². The highest BCUT2D eigenvalue weighted by Crippen LogP contribution is 2.34. The number of nitrogens with one attached hydrogen (secondary N) is 2. The summed E-state index contributed by atoms with van der Waals surface area (Å²) in [5.74, 6) is 0.638. The van der Waals surface area contributed by atoms with Gasteiger partial charge in [0, 0.05) is 28.9 Å². The fourth-order valence-corrected chi connectivity index (χ4v) is 3.20. The highest BCUT2D eigenvalue weighted by molar-refractivity contribution is 6.31. The van der Waals surface area contributed by atoms with Crippen LogP contribution in [0.25, 0.3) is 11.3 Å². The van der Waals surface area contributed by atoms with E-state index in [1.165, 1.54) is 0 Å². The lowest BCUT2D eigenvalue weighted by molar-refractivity contribution is -0.115. The van der Waals surface area contributed by atoms with Crippen LogP contribution in [0.15, 0.2) is 48.7 Å². The molecule has 0 saturated heterocycles. The largest absolute Gasteiger partial charge is 0.508 e. The average molecular weight is 381 g/mol. The van der Waals surface area contributed by atoms with Gasteiger partial charge in [0.25, 0.3) is 0 Å². The number of phenolic OH excluding ortho intramolecular Hbond substituents is 1. The summed E-state index contributed by atoms with van der Waals surface area (Å²) in [6.45, 7) is 0.647. The van der Waals surface area contributed by atoms with Crippen LogP contribution in [0, 0.1) is 0 Å². The third kappa shape index (κ3) is 3.85. The molecule has 27 heavy (non-hydrogen) atoms. The molecule has 7 heteroatoms. The number of carbonyl (C=O) groups is 1. The van der Waals surface area contributed by atoms with Crippen molar-refractivity contribution in [2.75, 3.05) is 17.2 Å². The molecule has 4 rings (SSSR count). The lowest BCUT2D eigenvalue weighted by Gasteiger charge is -2.11. The number of phenols is 1. The van der Waals surface area contributed by atoms with E-state index < -0.39 is 0 Å². The molecule has 2 aromatic carbocycles. The molecule has 0 radical (unpaired) electrons. The maximum atomic E-state index is 12.1. The first-order valence-corrected chi connectivity index (χ1v) is 8.94. The number of rotatable bonds is 4. The zero-order chi connectivity index (χ0) is 18.8. The summed E-state index contributed by atoms with van der Waals surface area (Å²) in [5, 5.41) is 16.0. The van der Waals surface area contributed by atoms with Crippen molar-refractivity contribution in [2.24, 2.45) is 0 Å². The summed E-state index contributed by atoms with van der Waals surface area (Å²) in [7, 11) is 0. The quantitative estimate of drug-likeness (QED) is 0.643. The topological polar surface area (TPSA) is 87.1 Å². The van der Waals surface area contributed by atoms with Gasteiger partial charge in [-0.25, -0.2) is 9.97 Å². The fraction of sp³-hybridized carbons (Fsp3) is 0.150. The van der Waals surface area contributed by atoms with E-state index in [1.807, 2.05) is 18.2 Å². The van der Waals surface area contributed by atoms with Gasteiger partial charge in [-0.05, 0) is 42.3 Å². The van der Waals surface area contributed by atoms with Crippen LogP contribution in [0.1, 0.15) is 11.1 Å². The molecule has 1 aliphatic heterocycles. The van der Waals surface area contributed by atoms with Crippen molar-refractivity contribution in [3.63, 3.8) is 0 Å². The SMILES string of the molecule is O=C1Cc2cnc(NCCc3ccc(O)cc3)nc2-c2ccc(Cl)cc2N1. The standard InChI is InChI=1S/C20H17ClN4O2/c21-14-3-6-16-17(10-14)24-18(27)9-13-11-23-20(25-19(13)16)22-8-7-12-1-4-15(26)5-2-12/h1-6,10-11,26H,7-9H2,(H,24,27)(H,22,23,25). The molecule has 3 aromatic rings. The summed E-state index contributed by atoms with van der Waals surface area (Å²) in [6.07, 6.45) is 2.68. The van der Waals surface area contributed by atoms with Crippen LogP contribution in [-0.2, 0) is 17.6 Å².